The van der Waals surface area contributed by atoms with Gasteiger partial charge in [-0.2, -0.15) is 5.26 Å². The van der Waals surface area contributed by atoms with Crippen LogP contribution in [0.5, 0.6) is 5.75 Å². The van der Waals surface area contributed by atoms with Crippen LogP contribution >= 0.6 is 34.2 Å². The van der Waals surface area contributed by atoms with E-state index in [1.807, 2.05) is 30.3 Å². The molecule has 2 aromatic rings. The minimum absolute atomic E-state index is 0.0480. The molecule has 0 saturated carbocycles. The number of carbonyl (C=O) groups excluding carboxylic acids is 1. The summed E-state index contributed by atoms with van der Waals surface area (Å²) in [6, 6.07) is 15.1. The first-order valence-electron chi connectivity index (χ1n) is 9.47. The van der Waals surface area contributed by atoms with Gasteiger partial charge in [0.1, 0.15) is 29.8 Å². The number of benzene rings is 2. The Morgan fingerprint density at radius 1 is 1.29 bits per heavy atom. The van der Waals surface area contributed by atoms with Crippen molar-refractivity contribution < 1.29 is 19.0 Å². The summed E-state index contributed by atoms with van der Waals surface area (Å²) in [4.78, 5) is 12.6. The molecule has 1 aliphatic rings. The van der Waals surface area contributed by atoms with E-state index in [-0.39, 0.29) is 29.4 Å². The normalized spacial score (nSPS) is 15.9. The molecule has 0 amide bonds. The zero-order valence-corrected chi connectivity index (χ0v) is 19.9. The molecule has 6 nitrogen and oxygen atoms in total. The van der Waals surface area contributed by atoms with Gasteiger partial charge < -0.3 is 19.9 Å². The second-order valence-electron chi connectivity index (χ2n) is 6.72. The number of halogens is 2. The summed E-state index contributed by atoms with van der Waals surface area (Å²) < 4.78 is 17.6. The fourth-order valence-corrected chi connectivity index (χ4v) is 3.85. The van der Waals surface area contributed by atoms with E-state index in [9.17, 15) is 10.1 Å². The second kappa shape index (κ2) is 10.1. The monoisotopic (exact) mass is 550 g/mol. The highest BCUT2D eigenvalue weighted by Gasteiger charge is 2.36. The Hall–Kier alpha value is -2.70. The molecule has 0 aromatic heterocycles. The Kier molecular flexibility index (Phi) is 7.46. The zero-order valence-electron chi connectivity index (χ0n) is 16.9. The second-order valence-corrected chi connectivity index (χ2v) is 8.37. The van der Waals surface area contributed by atoms with Gasteiger partial charge in [0.05, 0.1) is 23.1 Å². The van der Waals surface area contributed by atoms with E-state index < -0.39 is 11.9 Å². The fourth-order valence-electron chi connectivity index (χ4n) is 3.24. The molecule has 0 fully saturated rings. The van der Waals surface area contributed by atoms with Crippen molar-refractivity contribution in [3.63, 3.8) is 0 Å². The molecule has 0 radical (unpaired) electrons. The predicted octanol–water partition coefficient (Wildman–Crippen LogP) is 5.17. The van der Waals surface area contributed by atoms with E-state index in [2.05, 4.69) is 22.6 Å². The van der Waals surface area contributed by atoms with Crippen LogP contribution in [-0.4, -0.2) is 12.6 Å². The van der Waals surface area contributed by atoms with Crippen molar-refractivity contribution in [3.05, 3.63) is 85.0 Å². The zero-order chi connectivity index (χ0) is 22.5. The van der Waals surface area contributed by atoms with Crippen LogP contribution in [-0.2, 0) is 20.9 Å². The summed E-state index contributed by atoms with van der Waals surface area (Å²) in [6.45, 7) is 3.87. The summed E-state index contributed by atoms with van der Waals surface area (Å²) in [7, 11) is 0. The highest BCUT2D eigenvalue weighted by atomic mass is 127. The predicted molar refractivity (Wildman–Crippen MR) is 125 cm³/mol. The van der Waals surface area contributed by atoms with Crippen molar-refractivity contribution >= 4 is 40.2 Å². The van der Waals surface area contributed by atoms with Crippen molar-refractivity contribution in [1.29, 1.82) is 5.26 Å². The highest BCUT2D eigenvalue weighted by Crippen LogP contribution is 2.41. The maximum Gasteiger partial charge on any atom is 0.338 e. The van der Waals surface area contributed by atoms with E-state index in [4.69, 9.17) is 31.5 Å². The number of carbonyl (C=O) groups is 1. The lowest BCUT2D eigenvalue weighted by Gasteiger charge is -2.27. The van der Waals surface area contributed by atoms with Crippen LogP contribution in [0.15, 0.2) is 65.3 Å². The molecule has 0 aliphatic carbocycles. The van der Waals surface area contributed by atoms with E-state index >= 15 is 0 Å². The number of rotatable bonds is 6. The minimum atomic E-state index is -0.749. The number of ether oxygens (including phenoxy) is 3. The Morgan fingerprint density at radius 3 is 2.61 bits per heavy atom. The van der Waals surface area contributed by atoms with E-state index in [0.29, 0.717) is 22.9 Å². The Morgan fingerprint density at radius 2 is 2.00 bits per heavy atom. The number of esters is 1. The van der Waals surface area contributed by atoms with Crippen LogP contribution in [0.3, 0.4) is 0 Å². The number of nitriles is 1. The van der Waals surface area contributed by atoms with Crippen molar-refractivity contribution in [1.82, 2.24) is 0 Å². The number of hydrogen-bond donors (Lipinski definition) is 1. The molecule has 1 heterocycles. The van der Waals surface area contributed by atoms with Crippen LogP contribution < -0.4 is 10.5 Å². The van der Waals surface area contributed by atoms with Gasteiger partial charge in [0.25, 0.3) is 0 Å². The largest absolute Gasteiger partial charge is 0.487 e. The number of hydrogen-bond acceptors (Lipinski definition) is 6. The van der Waals surface area contributed by atoms with Crippen LogP contribution in [0, 0.1) is 14.9 Å². The van der Waals surface area contributed by atoms with Crippen molar-refractivity contribution in [2.45, 2.75) is 26.4 Å². The number of nitrogens with two attached hydrogens (primary N) is 1. The van der Waals surface area contributed by atoms with E-state index in [0.717, 1.165) is 9.13 Å². The SMILES string of the molecule is CCOC(=O)C1=C(C)OC(N)=C(C#N)C1c1ccc(OCc2ccc(I)cc2)c(Cl)c1. The Labute approximate surface area is 199 Å². The first-order chi connectivity index (χ1) is 14.8. The van der Waals surface area contributed by atoms with E-state index in [1.54, 1.807) is 32.0 Å². The molecule has 8 heteroatoms. The molecule has 0 saturated heterocycles. The number of allylic oxidation sites excluding steroid dienone is 2. The summed E-state index contributed by atoms with van der Waals surface area (Å²) in [5, 5.41) is 10.0. The summed E-state index contributed by atoms with van der Waals surface area (Å²) in [6.07, 6.45) is 0. The molecule has 0 spiro atoms. The maximum absolute atomic E-state index is 12.6. The maximum atomic E-state index is 12.6. The lowest BCUT2D eigenvalue weighted by Crippen LogP contribution is -2.25. The van der Waals surface area contributed by atoms with Crippen molar-refractivity contribution in [2.75, 3.05) is 6.61 Å². The Bertz CT molecular complexity index is 1100. The van der Waals surface area contributed by atoms with Crippen LogP contribution in [0.25, 0.3) is 0 Å². The summed E-state index contributed by atoms with van der Waals surface area (Å²) >= 11 is 8.71. The molecule has 1 unspecified atom stereocenters. The lowest BCUT2D eigenvalue weighted by atomic mass is 9.83. The van der Waals surface area contributed by atoms with Gasteiger partial charge in [-0.3, -0.25) is 0 Å². The van der Waals surface area contributed by atoms with Gasteiger partial charge in [0.15, 0.2) is 0 Å². The van der Waals surface area contributed by atoms with Gasteiger partial charge in [-0.1, -0.05) is 29.8 Å². The fraction of sp³-hybridized carbons (Fsp3) is 0.217. The van der Waals surface area contributed by atoms with Gasteiger partial charge in [0, 0.05) is 3.57 Å². The molecule has 31 heavy (non-hydrogen) atoms. The quantitative estimate of drug-likeness (QED) is 0.394. The molecule has 2 aromatic carbocycles. The molecular formula is C23H20ClIN2O4. The molecule has 2 N–H and O–H groups in total. The Balaban J connectivity index is 1.92. The van der Waals surface area contributed by atoms with E-state index in [1.165, 1.54) is 0 Å². The average molecular weight is 551 g/mol. The standard InChI is InChI=1S/C23H20ClIN2O4/c1-3-29-23(28)20-13(2)31-22(27)17(11-26)21(20)15-6-9-19(18(24)10-15)30-12-14-4-7-16(25)8-5-14/h4-10,21H,3,12,27H2,1-2H3. The molecule has 1 atom stereocenters. The topological polar surface area (TPSA) is 94.6 Å². The summed E-state index contributed by atoms with van der Waals surface area (Å²) in [5.41, 5.74) is 7.88. The van der Waals surface area contributed by atoms with Crippen molar-refractivity contribution in [3.8, 4) is 11.8 Å². The van der Waals surface area contributed by atoms with Gasteiger partial charge >= 0.3 is 5.97 Å². The minimum Gasteiger partial charge on any atom is -0.487 e. The van der Waals surface area contributed by atoms with Gasteiger partial charge in [-0.25, -0.2) is 4.79 Å². The first kappa shape index (κ1) is 23.0. The number of nitrogens with zero attached hydrogens (tertiary/aromatic N) is 1. The third-order valence-electron chi connectivity index (χ3n) is 4.70. The molecular weight excluding hydrogens is 531 g/mol. The van der Waals surface area contributed by atoms with Crippen molar-refractivity contribution in [2.24, 2.45) is 5.73 Å². The molecule has 1 aliphatic heterocycles. The third-order valence-corrected chi connectivity index (χ3v) is 5.71. The average Bonchev–Trinajstić information content (AvgIpc) is 2.73. The third kappa shape index (κ3) is 5.14. The van der Waals surface area contributed by atoms with Gasteiger partial charge in [-0.15, -0.1) is 0 Å². The van der Waals surface area contributed by atoms with Crippen LogP contribution in [0.1, 0.15) is 30.9 Å². The lowest BCUT2D eigenvalue weighted by molar-refractivity contribution is -0.139. The first-order valence-corrected chi connectivity index (χ1v) is 10.9. The smallest absolute Gasteiger partial charge is 0.338 e. The van der Waals surface area contributed by atoms with Crippen LogP contribution in [0.2, 0.25) is 5.02 Å². The van der Waals surface area contributed by atoms with Crippen LogP contribution in [0.4, 0.5) is 0 Å². The highest BCUT2D eigenvalue weighted by molar-refractivity contribution is 14.1. The van der Waals surface area contributed by atoms with Gasteiger partial charge in [0.2, 0.25) is 5.88 Å². The molecule has 3 rings (SSSR count). The van der Waals surface area contributed by atoms with Gasteiger partial charge in [-0.05, 0) is 71.8 Å². The summed E-state index contributed by atoms with van der Waals surface area (Å²) in [5.74, 6) is -0.589. The molecule has 0 bridgehead atoms. The molecule has 160 valence electrons.